The Hall–Kier alpha value is -0.120. The number of hydrogen-bond acceptors (Lipinski definition) is 3. The van der Waals surface area contributed by atoms with E-state index in [0.29, 0.717) is 18.1 Å². The van der Waals surface area contributed by atoms with Gasteiger partial charge in [0.15, 0.2) is 0 Å². The molecule has 3 nitrogen and oxygen atoms in total. The molecule has 0 aromatic heterocycles. The third-order valence-corrected chi connectivity index (χ3v) is 4.21. The van der Waals surface area contributed by atoms with Gasteiger partial charge in [-0.3, -0.25) is 4.90 Å². The van der Waals surface area contributed by atoms with Crippen LogP contribution in [-0.4, -0.2) is 46.8 Å². The van der Waals surface area contributed by atoms with Crippen LogP contribution in [0.2, 0.25) is 0 Å². The van der Waals surface area contributed by atoms with Crippen LogP contribution in [0.1, 0.15) is 60.3 Å². The Morgan fingerprint density at radius 1 is 1.33 bits per heavy atom. The summed E-state index contributed by atoms with van der Waals surface area (Å²) < 4.78 is 0. The highest BCUT2D eigenvalue weighted by Crippen LogP contribution is 2.32. The van der Waals surface area contributed by atoms with Crippen molar-refractivity contribution < 1.29 is 5.11 Å². The first-order valence-electron chi connectivity index (χ1n) is 7.58. The summed E-state index contributed by atoms with van der Waals surface area (Å²) in [6.45, 7) is 12.5. The largest absolute Gasteiger partial charge is 0.394 e. The van der Waals surface area contributed by atoms with E-state index in [1.807, 2.05) is 0 Å². The second-order valence-corrected chi connectivity index (χ2v) is 6.41. The van der Waals surface area contributed by atoms with Crippen molar-refractivity contribution in [1.82, 2.24) is 10.2 Å². The fourth-order valence-corrected chi connectivity index (χ4v) is 3.59. The molecular formula is C15H32N2O. The molecule has 0 amide bonds. The van der Waals surface area contributed by atoms with Gasteiger partial charge in [-0.25, -0.2) is 0 Å². The average molecular weight is 256 g/mol. The number of rotatable bonds is 6. The van der Waals surface area contributed by atoms with Crippen LogP contribution in [0.3, 0.4) is 0 Å². The quantitative estimate of drug-likeness (QED) is 0.766. The molecular weight excluding hydrogens is 224 g/mol. The third-order valence-electron chi connectivity index (χ3n) is 4.21. The molecule has 108 valence electrons. The Kier molecular flexibility index (Phi) is 6.09. The zero-order chi connectivity index (χ0) is 13.8. The molecule has 0 heterocycles. The van der Waals surface area contributed by atoms with Gasteiger partial charge in [0.2, 0.25) is 0 Å². The molecule has 3 heteroatoms. The van der Waals surface area contributed by atoms with Crippen molar-refractivity contribution in [3.05, 3.63) is 0 Å². The predicted octanol–water partition coefficient (Wildman–Crippen LogP) is 2.39. The van der Waals surface area contributed by atoms with E-state index in [2.05, 4.69) is 44.8 Å². The van der Waals surface area contributed by atoms with Crippen molar-refractivity contribution in [2.24, 2.45) is 0 Å². The second-order valence-electron chi connectivity index (χ2n) is 6.41. The molecule has 0 aromatic rings. The molecule has 1 fully saturated rings. The van der Waals surface area contributed by atoms with E-state index in [9.17, 15) is 5.11 Å². The van der Waals surface area contributed by atoms with Gasteiger partial charge in [0.05, 0.1) is 6.61 Å². The van der Waals surface area contributed by atoms with E-state index < -0.39 is 0 Å². The van der Waals surface area contributed by atoms with Crippen LogP contribution in [-0.2, 0) is 0 Å². The van der Waals surface area contributed by atoms with E-state index in [-0.39, 0.29) is 12.1 Å². The molecule has 1 saturated carbocycles. The highest BCUT2D eigenvalue weighted by atomic mass is 16.3. The van der Waals surface area contributed by atoms with Gasteiger partial charge in [0.25, 0.3) is 0 Å². The van der Waals surface area contributed by atoms with E-state index in [1.165, 1.54) is 12.8 Å². The van der Waals surface area contributed by atoms with Gasteiger partial charge >= 0.3 is 0 Å². The Labute approximate surface area is 113 Å². The molecule has 18 heavy (non-hydrogen) atoms. The zero-order valence-electron chi connectivity index (χ0n) is 12.9. The summed E-state index contributed by atoms with van der Waals surface area (Å²) in [7, 11) is 0. The zero-order valence-corrected chi connectivity index (χ0v) is 12.9. The van der Waals surface area contributed by atoms with Crippen molar-refractivity contribution in [2.45, 2.75) is 84.0 Å². The number of nitrogens with one attached hydrogen (secondary N) is 1. The highest BCUT2D eigenvalue weighted by Gasteiger charge is 2.38. The first kappa shape index (κ1) is 15.9. The predicted molar refractivity (Wildman–Crippen MR) is 77.9 cm³/mol. The minimum Gasteiger partial charge on any atom is -0.394 e. The number of aliphatic hydroxyl groups is 1. The minimum absolute atomic E-state index is 0.0562. The molecule has 1 aliphatic carbocycles. The molecule has 2 N–H and O–H groups in total. The first-order chi connectivity index (χ1) is 8.44. The summed E-state index contributed by atoms with van der Waals surface area (Å²) in [5.74, 6) is 0. The molecule has 0 saturated heterocycles. The Bertz CT molecular complexity index is 243. The monoisotopic (exact) mass is 256 g/mol. The Morgan fingerprint density at radius 3 is 2.44 bits per heavy atom. The lowest BCUT2D eigenvalue weighted by Gasteiger charge is -2.46. The van der Waals surface area contributed by atoms with Gasteiger partial charge in [-0.15, -0.1) is 0 Å². The van der Waals surface area contributed by atoms with Gasteiger partial charge in [-0.05, 0) is 46.1 Å². The summed E-state index contributed by atoms with van der Waals surface area (Å²) in [4.78, 5) is 2.57. The molecule has 1 aliphatic rings. The molecule has 0 bridgehead atoms. The van der Waals surface area contributed by atoms with Crippen molar-refractivity contribution >= 4 is 0 Å². The van der Waals surface area contributed by atoms with Crippen LogP contribution < -0.4 is 5.32 Å². The van der Waals surface area contributed by atoms with E-state index in [0.717, 1.165) is 19.4 Å². The summed E-state index contributed by atoms with van der Waals surface area (Å²) in [5, 5.41) is 13.4. The van der Waals surface area contributed by atoms with Crippen molar-refractivity contribution in [3.8, 4) is 0 Å². The maximum Gasteiger partial charge on any atom is 0.0613 e. The van der Waals surface area contributed by atoms with Crippen molar-refractivity contribution in [1.29, 1.82) is 0 Å². The standard InChI is InChI=1S/C15H32N2O/c1-6-17(13(4)5)14-8-7-9-15(10-14,11-18)16-12(2)3/h12-14,16,18H,6-11H2,1-5H3. The first-order valence-corrected chi connectivity index (χ1v) is 7.58. The summed E-state index contributed by atoms with van der Waals surface area (Å²) in [6, 6.07) is 1.64. The van der Waals surface area contributed by atoms with Crippen molar-refractivity contribution in [2.75, 3.05) is 13.2 Å². The van der Waals surface area contributed by atoms with Crippen LogP contribution >= 0.6 is 0 Å². The molecule has 2 unspecified atom stereocenters. The van der Waals surface area contributed by atoms with Crippen LogP contribution in [0.5, 0.6) is 0 Å². The van der Waals surface area contributed by atoms with Gasteiger partial charge in [-0.2, -0.15) is 0 Å². The fraction of sp³-hybridized carbons (Fsp3) is 1.00. The van der Waals surface area contributed by atoms with E-state index >= 15 is 0 Å². The lowest BCUT2D eigenvalue weighted by Crippen LogP contribution is -2.58. The van der Waals surface area contributed by atoms with Gasteiger partial charge in [0, 0.05) is 23.7 Å². The summed E-state index contributed by atoms with van der Waals surface area (Å²) in [5.41, 5.74) is -0.0562. The number of hydrogen-bond donors (Lipinski definition) is 2. The molecule has 0 aliphatic heterocycles. The molecule has 0 radical (unpaired) electrons. The Morgan fingerprint density at radius 2 is 2.00 bits per heavy atom. The highest BCUT2D eigenvalue weighted by molar-refractivity contribution is 4.97. The SMILES string of the molecule is CCN(C(C)C)C1CCCC(CO)(NC(C)C)C1. The average Bonchev–Trinajstić information content (AvgIpc) is 2.29. The summed E-state index contributed by atoms with van der Waals surface area (Å²) in [6.07, 6.45) is 4.67. The maximum absolute atomic E-state index is 9.82. The Balaban J connectivity index is 2.74. The topological polar surface area (TPSA) is 35.5 Å². The molecule has 0 aromatic carbocycles. The van der Waals surface area contributed by atoms with E-state index in [1.54, 1.807) is 0 Å². The number of aliphatic hydroxyl groups excluding tert-OH is 1. The summed E-state index contributed by atoms with van der Waals surface area (Å²) >= 11 is 0. The van der Waals surface area contributed by atoms with Gasteiger partial charge < -0.3 is 10.4 Å². The molecule has 0 spiro atoms. The molecule has 1 rings (SSSR count). The number of nitrogens with zero attached hydrogens (tertiary/aromatic N) is 1. The van der Waals surface area contributed by atoms with Crippen LogP contribution in [0.4, 0.5) is 0 Å². The normalized spacial score (nSPS) is 29.5. The maximum atomic E-state index is 9.82. The van der Waals surface area contributed by atoms with Crippen LogP contribution in [0.25, 0.3) is 0 Å². The minimum atomic E-state index is -0.0562. The second kappa shape index (κ2) is 6.88. The fourth-order valence-electron chi connectivity index (χ4n) is 3.59. The van der Waals surface area contributed by atoms with Gasteiger partial charge in [-0.1, -0.05) is 20.8 Å². The van der Waals surface area contributed by atoms with E-state index in [4.69, 9.17) is 0 Å². The molecule has 2 atom stereocenters. The third kappa shape index (κ3) is 3.94. The van der Waals surface area contributed by atoms with Crippen LogP contribution in [0, 0.1) is 0 Å². The smallest absolute Gasteiger partial charge is 0.0613 e. The van der Waals surface area contributed by atoms with Gasteiger partial charge in [0.1, 0.15) is 0 Å². The van der Waals surface area contributed by atoms with Crippen molar-refractivity contribution in [3.63, 3.8) is 0 Å². The van der Waals surface area contributed by atoms with Crippen LogP contribution in [0.15, 0.2) is 0 Å². The lowest BCUT2D eigenvalue weighted by atomic mass is 9.78. The lowest BCUT2D eigenvalue weighted by molar-refractivity contribution is 0.0437.